The van der Waals surface area contributed by atoms with Crippen LogP contribution in [0.5, 0.6) is 17.2 Å². The summed E-state index contributed by atoms with van der Waals surface area (Å²) in [5, 5.41) is 14.2. The lowest BCUT2D eigenvalue weighted by Crippen LogP contribution is -2.32. The minimum atomic E-state index is -0.593. The minimum Gasteiger partial charge on any atom is -0.497 e. The molecule has 3 rings (SSSR count). The van der Waals surface area contributed by atoms with Crippen LogP contribution in [0, 0.1) is 13.8 Å². The van der Waals surface area contributed by atoms with Crippen LogP contribution in [0.1, 0.15) is 22.6 Å². The van der Waals surface area contributed by atoms with E-state index in [0.29, 0.717) is 25.4 Å². The fourth-order valence-corrected chi connectivity index (χ4v) is 3.21. The molecule has 166 valence electrons. The Morgan fingerprint density at radius 1 is 0.968 bits per heavy atom. The first-order valence-corrected chi connectivity index (χ1v) is 10.2. The second-order valence-electron chi connectivity index (χ2n) is 7.57. The van der Waals surface area contributed by atoms with E-state index < -0.39 is 6.10 Å². The number of hydrogen-bond donors (Lipinski definition) is 1. The van der Waals surface area contributed by atoms with Crippen LogP contribution in [0.2, 0.25) is 0 Å². The summed E-state index contributed by atoms with van der Waals surface area (Å²) in [4.78, 5) is 2.06. The van der Waals surface area contributed by atoms with Crippen LogP contribution in [-0.2, 0) is 13.2 Å². The quantitative estimate of drug-likeness (QED) is 0.500. The molecule has 7 heteroatoms. The molecule has 0 saturated heterocycles. The van der Waals surface area contributed by atoms with E-state index in [1.165, 1.54) is 0 Å². The fraction of sp³-hybridized carbons (Fsp3) is 0.375. The van der Waals surface area contributed by atoms with Gasteiger partial charge >= 0.3 is 0 Å². The molecule has 0 amide bonds. The summed E-state index contributed by atoms with van der Waals surface area (Å²) >= 11 is 0. The first-order valence-electron chi connectivity index (χ1n) is 10.2. The highest BCUT2D eigenvalue weighted by atomic mass is 16.5. The molecule has 2 aromatic carbocycles. The van der Waals surface area contributed by atoms with Crippen LogP contribution in [-0.4, -0.2) is 48.6 Å². The maximum Gasteiger partial charge on any atom is 0.140 e. The highest BCUT2D eigenvalue weighted by molar-refractivity contribution is 5.31. The van der Waals surface area contributed by atoms with Gasteiger partial charge in [-0.3, -0.25) is 4.90 Å². The Kier molecular flexibility index (Phi) is 7.92. The third-order valence-electron chi connectivity index (χ3n) is 4.96. The van der Waals surface area contributed by atoms with Crippen molar-refractivity contribution >= 4 is 0 Å². The van der Waals surface area contributed by atoms with E-state index in [-0.39, 0.29) is 6.61 Å². The number of aliphatic hydroxyl groups excluding tert-OH is 1. The predicted octanol–water partition coefficient (Wildman–Crippen LogP) is 3.75. The maximum atomic E-state index is 10.3. The van der Waals surface area contributed by atoms with Gasteiger partial charge in [-0.25, -0.2) is 0 Å². The number of methoxy groups -OCH3 is 1. The van der Waals surface area contributed by atoms with Crippen LogP contribution < -0.4 is 14.2 Å². The first kappa shape index (κ1) is 22.7. The van der Waals surface area contributed by atoms with Crippen molar-refractivity contribution in [3.05, 3.63) is 71.1 Å². The molecule has 0 saturated carbocycles. The van der Waals surface area contributed by atoms with Gasteiger partial charge in [-0.15, -0.1) is 0 Å². The second kappa shape index (κ2) is 10.8. The lowest BCUT2D eigenvalue weighted by molar-refractivity contribution is 0.0743. The van der Waals surface area contributed by atoms with E-state index in [4.69, 9.17) is 18.7 Å². The highest BCUT2D eigenvalue weighted by Gasteiger charge is 2.11. The zero-order chi connectivity index (χ0) is 22.2. The van der Waals surface area contributed by atoms with Crippen LogP contribution in [0.25, 0.3) is 0 Å². The van der Waals surface area contributed by atoms with Gasteiger partial charge in [0.1, 0.15) is 42.3 Å². The normalized spacial score (nSPS) is 12.1. The van der Waals surface area contributed by atoms with Crippen molar-refractivity contribution in [2.45, 2.75) is 33.1 Å². The number of aromatic nitrogens is 1. The summed E-state index contributed by atoms with van der Waals surface area (Å²) in [7, 11) is 3.59. The fourth-order valence-electron chi connectivity index (χ4n) is 3.21. The average Bonchev–Trinajstić information content (AvgIpc) is 3.09. The molecule has 1 atom stereocenters. The molecule has 0 bridgehead atoms. The summed E-state index contributed by atoms with van der Waals surface area (Å²) in [5.74, 6) is 3.05. The van der Waals surface area contributed by atoms with Crippen molar-refractivity contribution in [3.8, 4) is 17.2 Å². The number of ether oxygens (including phenoxy) is 3. The molecule has 1 aromatic heterocycles. The van der Waals surface area contributed by atoms with E-state index in [1.54, 1.807) is 7.11 Å². The zero-order valence-corrected chi connectivity index (χ0v) is 18.5. The molecule has 1 heterocycles. The Balaban J connectivity index is 1.41. The lowest BCUT2D eigenvalue weighted by atomic mass is 10.2. The second-order valence-corrected chi connectivity index (χ2v) is 7.57. The molecule has 0 unspecified atom stereocenters. The van der Waals surface area contributed by atoms with E-state index in [2.05, 4.69) is 10.1 Å². The Hall–Kier alpha value is -3.03. The maximum absolute atomic E-state index is 10.3. The minimum absolute atomic E-state index is 0.227. The van der Waals surface area contributed by atoms with Crippen molar-refractivity contribution in [1.82, 2.24) is 10.1 Å². The van der Waals surface area contributed by atoms with Gasteiger partial charge in [-0.05, 0) is 62.9 Å². The monoisotopic (exact) mass is 426 g/mol. The molecule has 0 aliphatic carbocycles. The summed E-state index contributed by atoms with van der Waals surface area (Å²) in [6, 6.07) is 15.3. The molecule has 31 heavy (non-hydrogen) atoms. The van der Waals surface area contributed by atoms with Crippen LogP contribution >= 0.6 is 0 Å². The van der Waals surface area contributed by atoms with E-state index in [1.807, 2.05) is 69.4 Å². The SMILES string of the molecule is COc1ccc(OC[C@H](O)CN(C)Cc2ccc(OCc3c(C)noc3C)cc2)cc1. The van der Waals surface area contributed by atoms with Crippen LogP contribution in [0.3, 0.4) is 0 Å². The van der Waals surface area contributed by atoms with Gasteiger partial charge < -0.3 is 23.8 Å². The third-order valence-corrected chi connectivity index (χ3v) is 4.96. The molecule has 0 fully saturated rings. The van der Waals surface area contributed by atoms with Gasteiger partial charge in [0.05, 0.1) is 18.4 Å². The number of aliphatic hydroxyl groups is 1. The number of benzene rings is 2. The average molecular weight is 427 g/mol. The van der Waals surface area contributed by atoms with E-state index >= 15 is 0 Å². The highest BCUT2D eigenvalue weighted by Crippen LogP contribution is 2.19. The standard InChI is InChI=1S/C24H30N2O5/c1-17-24(18(2)31-25-17)16-30-22-7-5-19(6-8-22)13-26(3)14-20(27)15-29-23-11-9-21(28-4)10-12-23/h5-12,20,27H,13-16H2,1-4H3/t20-/m1/s1. The first-order chi connectivity index (χ1) is 14.9. The zero-order valence-electron chi connectivity index (χ0n) is 18.5. The molecule has 0 radical (unpaired) electrons. The molecule has 7 nitrogen and oxygen atoms in total. The van der Waals surface area contributed by atoms with Gasteiger partial charge in [0, 0.05) is 13.1 Å². The molecule has 0 aliphatic rings. The lowest BCUT2D eigenvalue weighted by Gasteiger charge is -2.21. The van der Waals surface area contributed by atoms with Gasteiger partial charge in [-0.2, -0.15) is 0 Å². The Morgan fingerprint density at radius 2 is 1.58 bits per heavy atom. The number of rotatable bonds is 11. The van der Waals surface area contributed by atoms with E-state index in [9.17, 15) is 5.11 Å². The smallest absolute Gasteiger partial charge is 0.140 e. The van der Waals surface area contributed by atoms with E-state index in [0.717, 1.165) is 34.1 Å². The number of likely N-dealkylation sites (N-methyl/N-ethyl adjacent to an activating group) is 1. The summed E-state index contributed by atoms with van der Waals surface area (Å²) in [6.45, 7) is 5.66. The molecule has 0 aliphatic heterocycles. The van der Waals surface area contributed by atoms with Crippen molar-refractivity contribution in [3.63, 3.8) is 0 Å². The van der Waals surface area contributed by atoms with Crippen molar-refractivity contribution in [2.75, 3.05) is 27.3 Å². The number of aryl methyl sites for hydroxylation is 2. The largest absolute Gasteiger partial charge is 0.497 e. The molecule has 0 spiro atoms. The summed E-state index contributed by atoms with van der Waals surface area (Å²) in [6.07, 6.45) is -0.593. The predicted molar refractivity (Wildman–Crippen MR) is 118 cm³/mol. The van der Waals surface area contributed by atoms with Crippen molar-refractivity contribution < 1.29 is 23.8 Å². The Bertz CT molecular complexity index is 918. The third kappa shape index (κ3) is 6.73. The Labute approximate surface area is 183 Å². The summed E-state index contributed by atoms with van der Waals surface area (Å²) in [5.41, 5.74) is 2.97. The molecule has 3 aromatic rings. The van der Waals surface area contributed by atoms with Gasteiger partial charge in [-0.1, -0.05) is 17.3 Å². The van der Waals surface area contributed by atoms with Crippen molar-refractivity contribution in [1.29, 1.82) is 0 Å². The molecular weight excluding hydrogens is 396 g/mol. The molecule has 1 N–H and O–H groups in total. The van der Waals surface area contributed by atoms with Crippen molar-refractivity contribution in [2.24, 2.45) is 0 Å². The topological polar surface area (TPSA) is 77.2 Å². The van der Waals surface area contributed by atoms with Gasteiger partial charge in [0.2, 0.25) is 0 Å². The molecular formula is C24H30N2O5. The number of hydrogen-bond acceptors (Lipinski definition) is 7. The van der Waals surface area contributed by atoms with Gasteiger partial charge in [0.15, 0.2) is 0 Å². The number of nitrogens with zero attached hydrogens (tertiary/aromatic N) is 2. The van der Waals surface area contributed by atoms with Crippen LogP contribution in [0.15, 0.2) is 53.1 Å². The Morgan fingerprint density at radius 3 is 2.19 bits per heavy atom. The van der Waals surface area contributed by atoms with Crippen LogP contribution in [0.4, 0.5) is 0 Å². The summed E-state index contributed by atoms with van der Waals surface area (Å²) < 4.78 is 21.8. The van der Waals surface area contributed by atoms with Gasteiger partial charge in [0.25, 0.3) is 0 Å².